The molecule has 0 atom stereocenters. The molecule has 5 heteroatoms. The minimum atomic E-state index is 0.393. The highest BCUT2D eigenvalue weighted by atomic mass is 16.5. The molecule has 2 rings (SSSR count). The normalized spacial score (nSPS) is 10.2. The molecule has 100 valence electrons. The lowest BCUT2D eigenvalue weighted by molar-refractivity contribution is 0.290. The van der Waals surface area contributed by atoms with Crippen molar-refractivity contribution in [3.63, 3.8) is 0 Å². The molecule has 0 aliphatic rings. The number of hydrogen-bond acceptors (Lipinski definition) is 4. The van der Waals surface area contributed by atoms with Crippen molar-refractivity contribution in [1.82, 2.24) is 14.8 Å². The first-order valence-electron chi connectivity index (χ1n) is 6.02. The second-order valence-corrected chi connectivity index (χ2v) is 4.08. The third-order valence-electron chi connectivity index (χ3n) is 2.74. The molecule has 0 spiro atoms. The fourth-order valence-electron chi connectivity index (χ4n) is 1.51. The third-order valence-corrected chi connectivity index (χ3v) is 2.74. The highest BCUT2D eigenvalue weighted by molar-refractivity contribution is 5.31. The van der Waals surface area contributed by atoms with Gasteiger partial charge in [0.25, 0.3) is 0 Å². The predicted octanol–water partition coefficient (Wildman–Crippen LogP) is 2.27. The van der Waals surface area contributed by atoms with Crippen molar-refractivity contribution in [3.05, 3.63) is 48.6 Å². The van der Waals surface area contributed by atoms with Gasteiger partial charge < -0.3 is 14.0 Å². The molecule has 19 heavy (non-hydrogen) atoms. The molecule has 1 heterocycles. The molecule has 0 bridgehead atoms. The summed E-state index contributed by atoms with van der Waals surface area (Å²) in [6.45, 7) is 6.40. The fraction of sp³-hybridized carbons (Fsp3) is 0.286. The lowest BCUT2D eigenvalue weighted by Crippen LogP contribution is -2.04. The Hall–Kier alpha value is -2.30. The fourth-order valence-corrected chi connectivity index (χ4v) is 1.51. The van der Waals surface area contributed by atoms with Gasteiger partial charge in [-0.2, -0.15) is 0 Å². The van der Waals surface area contributed by atoms with Crippen molar-refractivity contribution < 1.29 is 9.47 Å². The molecule has 0 amide bonds. The van der Waals surface area contributed by atoms with Gasteiger partial charge in [-0.05, 0) is 31.2 Å². The number of ether oxygens (including phenoxy) is 2. The SMILES string of the molecule is C=CCOc1ccc(OCc2nnc(C)n2C)cc1. The molecular weight excluding hydrogens is 242 g/mol. The first-order valence-corrected chi connectivity index (χ1v) is 6.02. The van der Waals surface area contributed by atoms with Gasteiger partial charge in [-0.15, -0.1) is 10.2 Å². The average molecular weight is 259 g/mol. The summed E-state index contributed by atoms with van der Waals surface area (Å²) in [5.74, 6) is 3.23. The Morgan fingerprint density at radius 1 is 1.16 bits per heavy atom. The van der Waals surface area contributed by atoms with E-state index < -0.39 is 0 Å². The molecule has 0 N–H and O–H groups in total. The van der Waals surface area contributed by atoms with Gasteiger partial charge in [0.1, 0.15) is 30.5 Å². The minimum absolute atomic E-state index is 0.393. The summed E-state index contributed by atoms with van der Waals surface area (Å²) in [4.78, 5) is 0. The standard InChI is InChI=1S/C14H17N3O2/c1-4-9-18-12-5-7-13(8-6-12)19-10-14-16-15-11(2)17(14)3/h4-8H,1,9-10H2,2-3H3. The second kappa shape index (κ2) is 6.04. The van der Waals surface area contributed by atoms with E-state index in [1.807, 2.05) is 42.8 Å². The monoisotopic (exact) mass is 259 g/mol. The number of nitrogens with zero attached hydrogens (tertiary/aromatic N) is 3. The Morgan fingerprint density at radius 2 is 1.79 bits per heavy atom. The van der Waals surface area contributed by atoms with Gasteiger partial charge >= 0.3 is 0 Å². The van der Waals surface area contributed by atoms with E-state index in [-0.39, 0.29) is 0 Å². The first kappa shape index (κ1) is 13.1. The maximum atomic E-state index is 5.65. The Kier molecular flexibility index (Phi) is 4.18. The largest absolute Gasteiger partial charge is 0.490 e. The van der Waals surface area contributed by atoms with Crippen LogP contribution in [-0.4, -0.2) is 21.4 Å². The Bertz CT molecular complexity index is 546. The molecule has 0 saturated carbocycles. The quantitative estimate of drug-likeness (QED) is 0.747. The van der Waals surface area contributed by atoms with Crippen LogP contribution in [0.5, 0.6) is 11.5 Å². The summed E-state index contributed by atoms with van der Waals surface area (Å²) in [6, 6.07) is 7.45. The van der Waals surface area contributed by atoms with E-state index in [1.54, 1.807) is 6.08 Å². The van der Waals surface area contributed by atoms with E-state index in [0.29, 0.717) is 13.2 Å². The number of aromatic nitrogens is 3. The summed E-state index contributed by atoms with van der Waals surface area (Å²) in [5, 5.41) is 8.02. The molecule has 0 saturated heterocycles. The first-order chi connectivity index (χ1) is 9.20. The van der Waals surface area contributed by atoms with Crippen molar-refractivity contribution in [2.24, 2.45) is 7.05 Å². The van der Waals surface area contributed by atoms with Gasteiger partial charge in [0.15, 0.2) is 5.82 Å². The van der Waals surface area contributed by atoms with Gasteiger partial charge in [-0.3, -0.25) is 0 Å². The smallest absolute Gasteiger partial charge is 0.170 e. The number of rotatable bonds is 6. The van der Waals surface area contributed by atoms with Crippen molar-refractivity contribution in [2.75, 3.05) is 6.61 Å². The van der Waals surface area contributed by atoms with Crippen LogP contribution < -0.4 is 9.47 Å². The third kappa shape index (κ3) is 3.34. The van der Waals surface area contributed by atoms with E-state index in [9.17, 15) is 0 Å². The van der Waals surface area contributed by atoms with Gasteiger partial charge in [-0.1, -0.05) is 12.7 Å². The molecule has 0 unspecified atom stereocenters. The van der Waals surface area contributed by atoms with Crippen molar-refractivity contribution in [1.29, 1.82) is 0 Å². The number of hydrogen-bond donors (Lipinski definition) is 0. The van der Waals surface area contributed by atoms with Crippen molar-refractivity contribution >= 4 is 0 Å². The molecule has 0 aliphatic carbocycles. The molecule has 5 nitrogen and oxygen atoms in total. The lowest BCUT2D eigenvalue weighted by Gasteiger charge is -2.07. The zero-order valence-electron chi connectivity index (χ0n) is 11.2. The summed E-state index contributed by atoms with van der Waals surface area (Å²) in [5.41, 5.74) is 0. The average Bonchev–Trinajstić information content (AvgIpc) is 2.75. The molecule has 0 aliphatic heterocycles. The van der Waals surface area contributed by atoms with Crippen LogP contribution in [0.15, 0.2) is 36.9 Å². The van der Waals surface area contributed by atoms with Crippen LogP contribution in [0.1, 0.15) is 11.6 Å². The highest BCUT2D eigenvalue weighted by Crippen LogP contribution is 2.18. The van der Waals surface area contributed by atoms with Gasteiger partial charge in [0.2, 0.25) is 0 Å². The molecule has 1 aromatic carbocycles. The predicted molar refractivity (Wildman–Crippen MR) is 72.2 cm³/mol. The summed E-state index contributed by atoms with van der Waals surface area (Å²) >= 11 is 0. The van der Waals surface area contributed by atoms with Gasteiger partial charge in [0, 0.05) is 7.05 Å². The van der Waals surface area contributed by atoms with Crippen molar-refractivity contribution in [2.45, 2.75) is 13.5 Å². The molecule has 0 radical (unpaired) electrons. The summed E-state index contributed by atoms with van der Waals surface area (Å²) < 4.78 is 12.9. The van der Waals surface area contributed by atoms with E-state index in [2.05, 4.69) is 16.8 Å². The highest BCUT2D eigenvalue weighted by Gasteiger charge is 2.05. The van der Waals surface area contributed by atoms with Crippen molar-refractivity contribution in [3.8, 4) is 11.5 Å². The summed E-state index contributed by atoms with van der Waals surface area (Å²) in [7, 11) is 1.92. The van der Waals surface area contributed by atoms with Crippen LogP contribution in [-0.2, 0) is 13.7 Å². The number of aryl methyl sites for hydroxylation is 1. The second-order valence-electron chi connectivity index (χ2n) is 4.08. The van der Waals surface area contributed by atoms with Gasteiger partial charge in [-0.25, -0.2) is 0 Å². The number of benzene rings is 1. The van der Waals surface area contributed by atoms with E-state index in [1.165, 1.54) is 0 Å². The molecule has 2 aromatic rings. The Morgan fingerprint density at radius 3 is 2.32 bits per heavy atom. The maximum Gasteiger partial charge on any atom is 0.170 e. The Balaban J connectivity index is 1.92. The van der Waals surface area contributed by atoms with E-state index in [4.69, 9.17) is 9.47 Å². The van der Waals surface area contributed by atoms with E-state index in [0.717, 1.165) is 23.1 Å². The lowest BCUT2D eigenvalue weighted by atomic mass is 10.3. The molecule has 0 fully saturated rings. The van der Waals surface area contributed by atoms with Crippen LogP contribution >= 0.6 is 0 Å². The van der Waals surface area contributed by atoms with Gasteiger partial charge in [0.05, 0.1) is 0 Å². The van der Waals surface area contributed by atoms with Crippen LogP contribution in [0.25, 0.3) is 0 Å². The Labute approximate surface area is 112 Å². The molecule has 1 aromatic heterocycles. The van der Waals surface area contributed by atoms with Crippen LogP contribution in [0.2, 0.25) is 0 Å². The zero-order chi connectivity index (χ0) is 13.7. The molecular formula is C14H17N3O2. The topological polar surface area (TPSA) is 49.2 Å². The summed E-state index contributed by atoms with van der Waals surface area (Å²) in [6.07, 6.45) is 1.71. The van der Waals surface area contributed by atoms with E-state index >= 15 is 0 Å². The van der Waals surface area contributed by atoms with Crippen LogP contribution in [0.3, 0.4) is 0 Å². The minimum Gasteiger partial charge on any atom is -0.490 e. The maximum absolute atomic E-state index is 5.65. The van der Waals surface area contributed by atoms with Crippen LogP contribution in [0.4, 0.5) is 0 Å². The zero-order valence-corrected chi connectivity index (χ0v) is 11.2. The van der Waals surface area contributed by atoms with Crippen LogP contribution in [0, 0.1) is 6.92 Å².